The maximum atomic E-state index is 12.9. The molecule has 0 saturated carbocycles. The number of carbonyl (C=O) groups excluding carboxylic acids is 1. The molecular formula is C22H27N3O3S2. The van der Waals surface area contributed by atoms with Gasteiger partial charge in [-0.2, -0.15) is 4.31 Å². The Morgan fingerprint density at radius 3 is 2.57 bits per heavy atom. The quantitative estimate of drug-likeness (QED) is 0.522. The fraction of sp³-hybridized carbons (Fsp3) is 0.364. The highest BCUT2D eigenvalue weighted by Crippen LogP contribution is 2.25. The molecule has 3 aromatic rings. The fourth-order valence-corrected chi connectivity index (χ4v) is 6.03. The Labute approximate surface area is 182 Å². The lowest BCUT2D eigenvalue weighted by atomic mass is 10.2. The molecule has 0 fully saturated rings. The number of carbonyl (C=O) groups is 1. The molecule has 1 aromatic heterocycles. The monoisotopic (exact) mass is 445 g/mol. The molecule has 1 N–H and O–H groups in total. The van der Waals surface area contributed by atoms with Crippen LogP contribution in [0, 0.1) is 6.92 Å². The standard InChI is InChI=1S/C22H27N3O3S2/c1-4-25(5-2)30(27,28)20-15-17(14-13-16(20)3)23-21(26)11-8-12-22-24-18-9-6-7-10-19(18)29-22/h6-7,9-10,13-15H,4-5,8,11-12H2,1-3H3,(H,23,26). The van der Waals surface area contributed by atoms with Crippen LogP contribution in [0.25, 0.3) is 10.2 Å². The number of aromatic nitrogens is 1. The molecule has 0 aliphatic rings. The van der Waals surface area contributed by atoms with Crippen LogP contribution in [0.2, 0.25) is 0 Å². The maximum absolute atomic E-state index is 12.9. The predicted molar refractivity (Wildman–Crippen MR) is 122 cm³/mol. The summed E-state index contributed by atoms with van der Waals surface area (Å²) in [6, 6.07) is 13.0. The van der Waals surface area contributed by atoms with E-state index >= 15 is 0 Å². The fourth-order valence-electron chi connectivity index (χ4n) is 3.31. The van der Waals surface area contributed by atoms with Gasteiger partial charge >= 0.3 is 0 Å². The van der Waals surface area contributed by atoms with E-state index in [2.05, 4.69) is 10.3 Å². The first kappa shape index (κ1) is 22.4. The van der Waals surface area contributed by atoms with Crippen molar-refractivity contribution in [2.75, 3.05) is 18.4 Å². The molecule has 0 aliphatic heterocycles. The molecule has 3 rings (SSSR count). The minimum Gasteiger partial charge on any atom is -0.326 e. The number of fused-ring (bicyclic) bond motifs is 1. The van der Waals surface area contributed by atoms with E-state index in [1.807, 2.05) is 38.1 Å². The van der Waals surface area contributed by atoms with Crippen LogP contribution in [0.5, 0.6) is 0 Å². The van der Waals surface area contributed by atoms with Gasteiger partial charge in [-0.15, -0.1) is 11.3 Å². The summed E-state index contributed by atoms with van der Waals surface area (Å²) < 4.78 is 28.3. The molecule has 0 bridgehead atoms. The molecule has 1 amide bonds. The normalized spacial score (nSPS) is 11.9. The van der Waals surface area contributed by atoms with Gasteiger partial charge in [-0.3, -0.25) is 4.79 Å². The average Bonchev–Trinajstić information content (AvgIpc) is 3.13. The third-order valence-corrected chi connectivity index (χ3v) is 8.22. The summed E-state index contributed by atoms with van der Waals surface area (Å²) in [5.41, 5.74) is 2.15. The highest BCUT2D eigenvalue weighted by molar-refractivity contribution is 7.89. The number of nitrogens with one attached hydrogen (secondary N) is 1. The number of anilines is 1. The van der Waals surface area contributed by atoms with Gasteiger partial charge in [-0.1, -0.05) is 32.0 Å². The Balaban J connectivity index is 1.62. The SMILES string of the molecule is CCN(CC)S(=O)(=O)c1cc(NC(=O)CCCc2nc3ccccc3s2)ccc1C. The van der Waals surface area contributed by atoms with Gasteiger partial charge in [-0.25, -0.2) is 13.4 Å². The number of sulfonamides is 1. The predicted octanol–water partition coefficient (Wildman–Crippen LogP) is 4.60. The third kappa shape index (κ3) is 5.06. The largest absolute Gasteiger partial charge is 0.326 e. The molecule has 8 heteroatoms. The first-order valence-corrected chi connectivity index (χ1v) is 12.4. The van der Waals surface area contributed by atoms with Gasteiger partial charge in [0, 0.05) is 25.2 Å². The number of hydrogen-bond acceptors (Lipinski definition) is 5. The van der Waals surface area contributed by atoms with Crippen LogP contribution in [0.3, 0.4) is 0 Å². The lowest BCUT2D eigenvalue weighted by molar-refractivity contribution is -0.116. The van der Waals surface area contributed by atoms with Crippen molar-refractivity contribution < 1.29 is 13.2 Å². The molecule has 0 atom stereocenters. The van der Waals surface area contributed by atoms with Crippen molar-refractivity contribution in [2.24, 2.45) is 0 Å². The second-order valence-corrected chi connectivity index (χ2v) is 10.1. The summed E-state index contributed by atoms with van der Waals surface area (Å²) in [5.74, 6) is -0.133. The van der Waals surface area contributed by atoms with E-state index in [-0.39, 0.29) is 10.8 Å². The maximum Gasteiger partial charge on any atom is 0.243 e. The van der Waals surface area contributed by atoms with Gasteiger partial charge in [0.25, 0.3) is 0 Å². The van der Waals surface area contributed by atoms with Crippen molar-refractivity contribution in [1.29, 1.82) is 0 Å². The summed E-state index contributed by atoms with van der Waals surface area (Å²) in [7, 11) is -3.58. The Kier molecular flexibility index (Phi) is 7.23. The van der Waals surface area contributed by atoms with Crippen molar-refractivity contribution >= 4 is 43.2 Å². The minimum absolute atomic E-state index is 0.133. The molecular weight excluding hydrogens is 418 g/mol. The molecule has 160 valence electrons. The van der Waals surface area contributed by atoms with Crippen LogP contribution in [-0.2, 0) is 21.2 Å². The van der Waals surface area contributed by atoms with Crippen LogP contribution in [0.4, 0.5) is 5.69 Å². The number of hydrogen-bond donors (Lipinski definition) is 1. The van der Waals surface area contributed by atoms with E-state index in [0.717, 1.165) is 21.6 Å². The average molecular weight is 446 g/mol. The number of amides is 1. The van der Waals surface area contributed by atoms with Crippen molar-refractivity contribution in [3.63, 3.8) is 0 Å². The molecule has 1 heterocycles. The van der Waals surface area contributed by atoms with Crippen molar-refractivity contribution in [3.05, 3.63) is 53.0 Å². The first-order valence-electron chi connectivity index (χ1n) is 10.1. The van der Waals surface area contributed by atoms with Crippen LogP contribution in [0.1, 0.15) is 37.3 Å². The Morgan fingerprint density at radius 2 is 1.87 bits per heavy atom. The second-order valence-electron chi connectivity index (χ2n) is 7.05. The van der Waals surface area contributed by atoms with Crippen LogP contribution >= 0.6 is 11.3 Å². The van der Waals surface area contributed by atoms with Crippen molar-refractivity contribution in [1.82, 2.24) is 9.29 Å². The van der Waals surface area contributed by atoms with E-state index in [9.17, 15) is 13.2 Å². The highest BCUT2D eigenvalue weighted by atomic mass is 32.2. The van der Waals surface area contributed by atoms with Crippen LogP contribution in [-0.4, -0.2) is 36.7 Å². The zero-order valence-corrected chi connectivity index (χ0v) is 19.1. The number of aryl methyl sites for hydroxylation is 2. The van der Waals surface area contributed by atoms with Gasteiger partial charge in [0.1, 0.15) is 0 Å². The lowest BCUT2D eigenvalue weighted by Gasteiger charge is -2.20. The Morgan fingerprint density at radius 1 is 1.13 bits per heavy atom. The number of thiazole rings is 1. The summed E-state index contributed by atoms with van der Waals surface area (Å²) in [6.07, 6.45) is 1.77. The highest BCUT2D eigenvalue weighted by Gasteiger charge is 2.24. The van der Waals surface area contributed by atoms with Crippen molar-refractivity contribution in [3.8, 4) is 0 Å². The van der Waals surface area contributed by atoms with Gasteiger partial charge in [0.15, 0.2) is 0 Å². The Hall–Kier alpha value is -2.29. The first-order chi connectivity index (χ1) is 14.3. The van der Waals surface area contributed by atoms with Gasteiger partial charge in [-0.05, 0) is 49.6 Å². The molecule has 0 saturated heterocycles. The number of nitrogens with zero attached hydrogens (tertiary/aromatic N) is 2. The van der Waals surface area contributed by atoms with Crippen LogP contribution < -0.4 is 5.32 Å². The molecule has 0 spiro atoms. The minimum atomic E-state index is -3.58. The second kappa shape index (κ2) is 9.68. The number of benzene rings is 2. The summed E-state index contributed by atoms with van der Waals surface area (Å²) >= 11 is 1.65. The Bertz CT molecular complexity index is 1100. The summed E-state index contributed by atoms with van der Waals surface area (Å²) in [6.45, 7) is 6.20. The van der Waals surface area contributed by atoms with E-state index in [1.54, 1.807) is 36.5 Å². The molecule has 0 aliphatic carbocycles. The molecule has 6 nitrogen and oxygen atoms in total. The third-order valence-electron chi connectivity index (χ3n) is 4.93. The number of para-hydroxylation sites is 1. The van der Waals surface area contributed by atoms with E-state index in [0.29, 0.717) is 37.2 Å². The van der Waals surface area contributed by atoms with E-state index in [1.165, 1.54) is 4.31 Å². The molecule has 2 aromatic carbocycles. The molecule has 0 unspecified atom stereocenters. The molecule has 0 radical (unpaired) electrons. The van der Waals surface area contributed by atoms with Gasteiger partial charge in [0.05, 0.1) is 20.1 Å². The van der Waals surface area contributed by atoms with Gasteiger partial charge < -0.3 is 5.32 Å². The summed E-state index contributed by atoms with van der Waals surface area (Å²) in [4.78, 5) is 17.2. The van der Waals surface area contributed by atoms with Gasteiger partial charge in [0.2, 0.25) is 15.9 Å². The van der Waals surface area contributed by atoms with Crippen molar-refractivity contribution in [2.45, 2.75) is 44.9 Å². The van der Waals surface area contributed by atoms with E-state index in [4.69, 9.17) is 0 Å². The lowest BCUT2D eigenvalue weighted by Crippen LogP contribution is -2.31. The zero-order valence-electron chi connectivity index (χ0n) is 17.5. The number of rotatable bonds is 9. The van der Waals surface area contributed by atoms with E-state index < -0.39 is 10.0 Å². The topological polar surface area (TPSA) is 79.4 Å². The van der Waals surface area contributed by atoms with Crippen LogP contribution in [0.15, 0.2) is 47.4 Å². The zero-order chi connectivity index (χ0) is 21.7. The smallest absolute Gasteiger partial charge is 0.243 e. The summed E-state index contributed by atoms with van der Waals surface area (Å²) in [5, 5.41) is 3.85. The molecule has 30 heavy (non-hydrogen) atoms.